The summed E-state index contributed by atoms with van der Waals surface area (Å²) in [7, 11) is 2.87. The van der Waals surface area contributed by atoms with E-state index in [0.29, 0.717) is 35.4 Å². The molecule has 0 saturated heterocycles. The minimum atomic E-state index is -1.36. The van der Waals surface area contributed by atoms with Crippen molar-refractivity contribution in [2.45, 2.75) is 150 Å². The summed E-state index contributed by atoms with van der Waals surface area (Å²) in [6.45, 7) is 19.5. The Morgan fingerprint density at radius 2 is 1.45 bits per heavy atom. The van der Waals surface area contributed by atoms with E-state index in [2.05, 4.69) is 21.3 Å². The average Bonchev–Trinajstić information content (AvgIpc) is 3.18. The molecular weight excluding hydrogens is 788 g/mol. The number of rotatable bonds is 8. The largest absolute Gasteiger partial charge is 0.449 e. The Hall–Kier alpha value is -4.46. The molecule has 14 nitrogen and oxygen atoms in total. The number of hydrogen-bond acceptors (Lipinski definition) is 8. The van der Waals surface area contributed by atoms with Gasteiger partial charge in [0.1, 0.15) is 23.7 Å². The van der Waals surface area contributed by atoms with Crippen LogP contribution >= 0.6 is 11.6 Å². The van der Waals surface area contributed by atoms with Crippen molar-refractivity contribution in [1.29, 1.82) is 0 Å². The molecule has 1 unspecified atom stereocenters. The predicted octanol–water partition coefficient (Wildman–Crippen LogP) is 4.96. The van der Waals surface area contributed by atoms with Gasteiger partial charge in [-0.1, -0.05) is 91.1 Å². The summed E-state index contributed by atoms with van der Waals surface area (Å²) in [5.74, 6) is -4.35. The maximum Gasteiger partial charge on any atom is 0.334 e. The maximum absolute atomic E-state index is 14.2. The Morgan fingerprint density at radius 1 is 0.850 bits per heavy atom. The van der Waals surface area contributed by atoms with Crippen LogP contribution in [-0.4, -0.2) is 108 Å². The Bertz CT molecular complexity index is 1700. The molecule has 15 heteroatoms. The highest BCUT2D eigenvalue weighted by molar-refractivity contribution is 6.30. The van der Waals surface area contributed by atoms with Crippen LogP contribution < -0.4 is 21.3 Å². The molecule has 0 aromatic heterocycles. The average molecular weight is 860 g/mol. The molecule has 8 atom stereocenters. The van der Waals surface area contributed by atoms with Crippen molar-refractivity contribution >= 4 is 53.0 Å². The Morgan fingerprint density at radius 3 is 2.02 bits per heavy atom. The lowest BCUT2D eigenvalue weighted by Crippen LogP contribution is -2.62. The summed E-state index contributed by atoms with van der Waals surface area (Å²) in [5.41, 5.74) is -0.361. The first-order chi connectivity index (χ1) is 27.9. The second-order valence-corrected chi connectivity index (χ2v) is 18.1. The summed E-state index contributed by atoms with van der Waals surface area (Å²) < 4.78 is 5.74. The summed E-state index contributed by atoms with van der Waals surface area (Å²) in [6.07, 6.45) is 3.24. The van der Waals surface area contributed by atoms with Crippen molar-refractivity contribution in [3.8, 4) is 0 Å². The summed E-state index contributed by atoms with van der Waals surface area (Å²) in [5, 5.41) is 12.0. The van der Waals surface area contributed by atoms with Crippen molar-refractivity contribution < 1.29 is 38.3 Å². The second-order valence-electron chi connectivity index (χ2n) is 17.6. The Kier molecular flexibility index (Phi) is 20.3. The molecule has 0 saturated carbocycles. The molecule has 336 valence electrons. The van der Waals surface area contributed by atoms with Gasteiger partial charge in [0.05, 0.1) is 6.54 Å². The number of amides is 6. The summed E-state index contributed by atoms with van der Waals surface area (Å²) >= 11 is 6.13. The zero-order valence-corrected chi connectivity index (χ0v) is 38.8. The van der Waals surface area contributed by atoms with Crippen molar-refractivity contribution in [1.82, 2.24) is 31.1 Å². The van der Waals surface area contributed by atoms with Crippen molar-refractivity contribution in [3.63, 3.8) is 0 Å². The predicted molar refractivity (Wildman–Crippen MR) is 233 cm³/mol. The topological polar surface area (TPSA) is 183 Å². The summed E-state index contributed by atoms with van der Waals surface area (Å²) in [6, 6.07) is 3.24. The SMILES string of the molecule is CCC(C)[C@@H]1NC(=O)CN(C)C(=O)[C@@H](Cc2ccc(Cl)cc2)N(C)C(=O)[C@H](C)NC(=O)[C@@H](CC(C)C)OC(=O)/C(C)=C/CC[C@H](C)[C@@H]([C@@H](C)CC)NC(=O)C(C)(C)NC1=O. The number of carbonyl (C=O) groups is 7. The summed E-state index contributed by atoms with van der Waals surface area (Å²) in [4.78, 5) is 99.0. The van der Waals surface area contributed by atoms with Crippen LogP contribution in [0.25, 0.3) is 0 Å². The minimum Gasteiger partial charge on any atom is -0.449 e. The van der Waals surface area contributed by atoms with Crippen molar-refractivity contribution in [2.75, 3.05) is 20.6 Å². The van der Waals surface area contributed by atoms with Gasteiger partial charge in [-0.05, 0) is 88.3 Å². The van der Waals surface area contributed by atoms with Crippen LogP contribution in [0.3, 0.4) is 0 Å². The molecule has 0 aliphatic carbocycles. The first kappa shape index (κ1) is 51.7. The number of nitrogens with zero attached hydrogens (tertiary/aromatic N) is 2. The smallest absolute Gasteiger partial charge is 0.334 e. The molecule has 6 amide bonds. The lowest BCUT2D eigenvalue weighted by atomic mass is 9.85. The first-order valence-corrected chi connectivity index (χ1v) is 21.7. The van der Waals surface area contributed by atoms with Crippen LogP contribution in [-0.2, 0) is 44.7 Å². The second kappa shape index (κ2) is 23.5. The molecule has 1 aliphatic rings. The molecule has 1 aliphatic heterocycles. The molecule has 1 aromatic rings. The van der Waals surface area contributed by atoms with Gasteiger partial charge in [-0.25, -0.2) is 4.79 Å². The normalized spacial score (nSPS) is 27.2. The number of hydrogen-bond donors (Lipinski definition) is 4. The fourth-order valence-electron chi connectivity index (χ4n) is 7.09. The van der Waals surface area contributed by atoms with Crippen LogP contribution in [0.4, 0.5) is 0 Å². The monoisotopic (exact) mass is 859 g/mol. The number of ether oxygens (including phenoxy) is 1. The van der Waals surface area contributed by atoms with Gasteiger partial charge in [-0.15, -0.1) is 0 Å². The number of carbonyl (C=O) groups excluding carboxylic acids is 7. The van der Waals surface area contributed by atoms with E-state index in [-0.39, 0.29) is 42.6 Å². The standard InChI is InChI=1S/C45H71ClN6O8/c1-14-27(5)37-29(7)17-16-18-30(8)43(58)60-35(23-26(3)4)39(54)47-31(9)41(56)52(13)34(24-32-19-21-33(46)22-20-32)42(57)51(12)25-36(53)48-38(28(6)15-2)40(55)50-45(10,11)44(59)49-37/h18-22,26-29,31,34-35,37-38H,14-17,23-25H2,1-13H3,(H,47,54)(H,48,53)(H,49,59)(H,50,55)/b30-18+/t27-,28?,29-,31-,34+,35+,37+,38-/m0/s1. The fourth-order valence-corrected chi connectivity index (χ4v) is 7.21. The van der Waals surface area contributed by atoms with E-state index in [0.717, 1.165) is 6.42 Å². The van der Waals surface area contributed by atoms with Crippen LogP contribution in [0.1, 0.15) is 114 Å². The lowest BCUT2D eigenvalue weighted by Gasteiger charge is -2.35. The first-order valence-electron chi connectivity index (χ1n) is 21.3. The quantitative estimate of drug-likeness (QED) is 0.265. The zero-order chi connectivity index (χ0) is 45.6. The van der Waals surface area contributed by atoms with E-state index >= 15 is 0 Å². The number of allylic oxidation sites excluding steroid dienone is 1. The molecule has 2 rings (SSSR count). The number of halogens is 1. The van der Waals surface area contributed by atoms with Crippen LogP contribution in [0, 0.1) is 23.7 Å². The fraction of sp³-hybridized carbons (Fsp3) is 0.667. The van der Waals surface area contributed by atoms with Gasteiger partial charge in [0.25, 0.3) is 5.91 Å². The highest BCUT2D eigenvalue weighted by atomic mass is 35.5. The Balaban J connectivity index is 2.63. The number of nitrogens with one attached hydrogen (secondary N) is 4. The van der Waals surface area contributed by atoms with Crippen LogP contribution in [0.2, 0.25) is 5.02 Å². The van der Waals surface area contributed by atoms with E-state index in [1.807, 2.05) is 48.5 Å². The third-order valence-corrected chi connectivity index (χ3v) is 11.8. The van der Waals surface area contributed by atoms with Crippen LogP contribution in [0.15, 0.2) is 35.9 Å². The maximum atomic E-state index is 14.2. The highest BCUT2D eigenvalue weighted by Crippen LogP contribution is 2.23. The molecular formula is C45H71ClN6O8. The molecule has 60 heavy (non-hydrogen) atoms. The van der Waals surface area contributed by atoms with Gasteiger partial charge in [0.2, 0.25) is 29.5 Å². The van der Waals surface area contributed by atoms with E-state index < -0.39 is 77.7 Å². The van der Waals surface area contributed by atoms with Gasteiger partial charge >= 0.3 is 5.97 Å². The molecule has 1 heterocycles. The highest BCUT2D eigenvalue weighted by Gasteiger charge is 2.38. The molecule has 1 aromatic carbocycles. The van der Waals surface area contributed by atoms with Crippen molar-refractivity contribution in [2.24, 2.45) is 23.7 Å². The van der Waals surface area contributed by atoms with Gasteiger partial charge in [-0.3, -0.25) is 28.8 Å². The number of benzene rings is 1. The van der Waals surface area contributed by atoms with Gasteiger partial charge in [0, 0.05) is 37.2 Å². The zero-order valence-electron chi connectivity index (χ0n) is 38.1. The van der Waals surface area contributed by atoms with E-state index in [9.17, 15) is 33.6 Å². The minimum absolute atomic E-state index is 0.0247. The number of cyclic esters (lactones) is 1. The van der Waals surface area contributed by atoms with E-state index in [1.165, 1.54) is 30.8 Å². The third kappa shape index (κ3) is 15.2. The van der Waals surface area contributed by atoms with Gasteiger partial charge < -0.3 is 35.8 Å². The third-order valence-electron chi connectivity index (χ3n) is 11.5. The van der Waals surface area contributed by atoms with Gasteiger partial charge in [-0.2, -0.15) is 0 Å². The van der Waals surface area contributed by atoms with Gasteiger partial charge in [0.15, 0.2) is 6.10 Å². The lowest BCUT2D eigenvalue weighted by molar-refractivity contribution is -0.154. The molecule has 0 fully saturated rings. The Labute approximate surface area is 362 Å². The molecule has 0 bridgehead atoms. The van der Waals surface area contributed by atoms with E-state index in [4.69, 9.17) is 16.3 Å². The molecule has 0 spiro atoms. The van der Waals surface area contributed by atoms with Crippen molar-refractivity contribution in [3.05, 3.63) is 46.5 Å². The van der Waals surface area contributed by atoms with E-state index in [1.54, 1.807) is 51.1 Å². The molecule has 4 N–H and O–H groups in total. The number of likely N-dealkylation sites (N-methyl/N-ethyl adjacent to an activating group) is 2. The molecule has 0 radical (unpaired) electrons. The van der Waals surface area contributed by atoms with Crippen LogP contribution in [0.5, 0.6) is 0 Å². The number of esters is 1.